The predicted molar refractivity (Wildman–Crippen MR) is 177 cm³/mol. The molecule has 0 bridgehead atoms. The molecular weight excluding hydrogens is 552 g/mol. The van der Waals surface area contributed by atoms with Gasteiger partial charge in [-0.3, -0.25) is 0 Å². The number of aliphatic hydroxyl groups is 1. The zero-order chi connectivity index (χ0) is 31.7. The highest BCUT2D eigenvalue weighted by atomic mass is 16.5. The van der Waals surface area contributed by atoms with E-state index in [1.807, 2.05) is 42.5 Å². The van der Waals surface area contributed by atoms with Crippen LogP contribution in [0.15, 0.2) is 84.5 Å². The Bertz CT molecular complexity index is 1160. The van der Waals surface area contributed by atoms with Crippen LogP contribution in [0.3, 0.4) is 0 Å². The molecule has 2 heterocycles. The van der Waals surface area contributed by atoms with Crippen LogP contribution in [0.2, 0.25) is 0 Å². The van der Waals surface area contributed by atoms with E-state index < -0.39 is 6.10 Å². The first kappa shape index (κ1) is 35.6. The summed E-state index contributed by atoms with van der Waals surface area (Å²) in [5, 5.41) is 10.8. The van der Waals surface area contributed by atoms with E-state index in [4.69, 9.17) is 30.1 Å². The molecule has 1 aromatic rings. The average Bonchev–Trinajstić information content (AvgIpc) is 3.00. The molecule has 6 nitrogen and oxygen atoms in total. The van der Waals surface area contributed by atoms with Crippen molar-refractivity contribution in [1.29, 1.82) is 0 Å². The van der Waals surface area contributed by atoms with Crippen molar-refractivity contribution in [2.75, 3.05) is 20.8 Å². The summed E-state index contributed by atoms with van der Waals surface area (Å²) >= 11 is 0. The number of aliphatic hydroxyl groups excluding tert-OH is 1. The Morgan fingerprint density at radius 1 is 1.20 bits per heavy atom. The summed E-state index contributed by atoms with van der Waals surface area (Å²) < 4.78 is 29.5. The molecular formula is C38H52O6. The third-order valence-corrected chi connectivity index (χ3v) is 8.01. The van der Waals surface area contributed by atoms with Crippen molar-refractivity contribution in [2.45, 2.75) is 102 Å². The van der Waals surface area contributed by atoms with Crippen molar-refractivity contribution in [3.63, 3.8) is 0 Å². The van der Waals surface area contributed by atoms with Gasteiger partial charge in [0, 0.05) is 13.5 Å². The molecule has 2 aliphatic heterocycles. The number of hydrogen-bond donors (Lipinski definition) is 1. The lowest BCUT2D eigenvalue weighted by Gasteiger charge is -2.27. The molecule has 0 aromatic heterocycles. The Balaban J connectivity index is 1.53. The lowest BCUT2D eigenvalue weighted by molar-refractivity contribution is -0.0420. The Labute approximate surface area is 265 Å². The van der Waals surface area contributed by atoms with Crippen LogP contribution < -0.4 is 4.74 Å². The number of terminal acetylenes is 1. The molecule has 44 heavy (non-hydrogen) atoms. The monoisotopic (exact) mass is 604 g/mol. The summed E-state index contributed by atoms with van der Waals surface area (Å²) in [6.45, 7) is 9.65. The normalized spacial score (nSPS) is 23.2. The van der Waals surface area contributed by atoms with E-state index in [1.165, 1.54) is 5.57 Å². The number of hydrogen-bond acceptors (Lipinski definition) is 6. The highest BCUT2D eigenvalue weighted by Gasteiger charge is 2.22. The fraction of sp³-hybridized carbons (Fsp3) is 0.526. The number of methoxy groups -OCH3 is 2. The minimum absolute atomic E-state index is 0.0141. The van der Waals surface area contributed by atoms with Gasteiger partial charge in [-0.05, 0) is 69.1 Å². The molecule has 1 N–H and O–H groups in total. The van der Waals surface area contributed by atoms with E-state index in [1.54, 1.807) is 14.2 Å². The second kappa shape index (κ2) is 19.5. The first-order chi connectivity index (χ1) is 21.3. The first-order valence-electron chi connectivity index (χ1n) is 15.8. The van der Waals surface area contributed by atoms with Crippen molar-refractivity contribution >= 4 is 0 Å². The Morgan fingerprint density at radius 2 is 2.00 bits per heavy atom. The van der Waals surface area contributed by atoms with E-state index in [0.717, 1.165) is 42.6 Å². The molecule has 0 saturated carbocycles. The van der Waals surface area contributed by atoms with Gasteiger partial charge in [-0.2, -0.15) is 0 Å². The Hall–Kier alpha value is -2.92. The van der Waals surface area contributed by atoms with Crippen LogP contribution in [0.25, 0.3) is 0 Å². The maximum atomic E-state index is 10.8. The molecule has 3 rings (SSSR count). The fourth-order valence-corrected chi connectivity index (χ4v) is 5.66. The summed E-state index contributed by atoms with van der Waals surface area (Å²) in [5.41, 5.74) is 3.40. The maximum Gasteiger partial charge on any atom is 0.118 e. The van der Waals surface area contributed by atoms with Crippen molar-refractivity contribution in [3.05, 3.63) is 90.1 Å². The van der Waals surface area contributed by atoms with Crippen LogP contribution in [0.1, 0.15) is 64.4 Å². The standard InChI is InChI=1S/C38H52O6/c1-7-10-34-12-9-13-36(44-34)26-30(4)23-29(3)24-32(39)11-8-14-38(43-27-31-15-17-33(40-5)18-16-31)37(41-6)20-19-35-25-28(2)21-22-42-35/h1,8-9,11-12,15-21,30,32,34-39H,3,10,13-14,22-27H2,2,4-6H3/b11-8+,20-19+. The first-order valence-corrected chi connectivity index (χ1v) is 15.8. The maximum absolute atomic E-state index is 10.8. The number of ether oxygens (including phenoxy) is 5. The summed E-state index contributed by atoms with van der Waals surface area (Å²) in [5.74, 6) is 3.89. The van der Waals surface area contributed by atoms with Crippen LogP contribution in [0.5, 0.6) is 5.75 Å². The zero-order valence-electron chi connectivity index (χ0n) is 27.0. The molecule has 240 valence electrons. The second-order valence-electron chi connectivity index (χ2n) is 12.0. The molecule has 6 heteroatoms. The molecule has 7 atom stereocenters. The van der Waals surface area contributed by atoms with E-state index in [2.05, 4.69) is 50.7 Å². The molecule has 7 unspecified atom stereocenters. The topological polar surface area (TPSA) is 66.4 Å². The van der Waals surface area contributed by atoms with Crippen molar-refractivity contribution in [1.82, 2.24) is 0 Å². The quantitative estimate of drug-likeness (QED) is 0.140. The highest BCUT2D eigenvalue weighted by Crippen LogP contribution is 2.26. The predicted octanol–water partition coefficient (Wildman–Crippen LogP) is 7.29. The highest BCUT2D eigenvalue weighted by molar-refractivity contribution is 5.26. The van der Waals surface area contributed by atoms with Gasteiger partial charge < -0.3 is 28.8 Å². The van der Waals surface area contributed by atoms with Crippen LogP contribution in [0, 0.1) is 18.3 Å². The van der Waals surface area contributed by atoms with Crippen molar-refractivity contribution in [2.24, 2.45) is 5.92 Å². The van der Waals surface area contributed by atoms with Gasteiger partial charge >= 0.3 is 0 Å². The Morgan fingerprint density at radius 3 is 2.70 bits per heavy atom. The lowest BCUT2D eigenvalue weighted by Crippen LogP contribution is -2.29. The molecule has 0 aliphatic carbocycles. The molecule has 0 amide bonds. The third kappa shape index (κ3) is 13.0. The van der Waals surface area contributed by atoms with Gasteiger partial charge in [0.05, 0.1) is 50.8 Å². The smallest absolute Gasteiger partial charge is 0.118 e. The second-order valence-corrected chi connectivity index (χ2v) is 12.0. The minimum atomic E-state index is -0.618. The summed E-state index contributed by atoms with van der Waals surface area (Å²) in [7, 11) is 3.35. The molecule has 0 saturated heterocycles. The van der Waals surface area contributed by atoms with E-state index in [9.17, 15) is 5.11 Å². The number of benzene rings is 1. The minimum Gasteiger partial charge on any atom is -0.497 e. The van der Waals surface area contributed by atoms with Crippen molar-refractivity contribution in [3.8, 4) is 18.1 Å². The van der Waals surface area contributed by atoms with Crippen LogP contribution >= 0.6 is 0 Å². The molecule has 0 fully saturated rings. The van der Waals surface area contributed by atoms with Gasteiger partial charge in [0.15, 0.2) is 0 Å². The lowest BCUT2D eigenvalue weighted by atomic mass is 9.91. The largest absolute Gasteiger partial charge is 0.497 e. The van der Waals surface area contributed by atoms with E-state index in [0.29, 0.717) is 38.4 Å². The van der Waals surface area contributed by atoms with Gasteiger partial charge in [-0.1, -0.05) is 79.3 Å². The Kier molecular flexibility index (Phi) is 15.7. The SMILES string of the molecule is C#CCC1C=CCC(CC(C)CC(=C)CC(O)/C=C/CC(OCc2ccc(OC)cc2)C(/C=C/C2CC(C)=CCO2)OC)O1. The molecule has 2 aliphatic rings. The summed E-state index contributed by atoms with van der Waals surface area (Å²) in [4.78, 5) is 0. The average molecular weight is 605 g/mol. The molecule has 1 aromatic carbocycles. The molecule has 0 spiro atoms. The zero-order valence-corrected chi connectivity index (χ0v) is 27.0. The molecule has 0 radical (unpaired) electrons. The van der Waals surface area contributed by atoms with E-state index >= 15 is 0 Å². The van der Waals surface area contributed by atoms with Crippen LogP contribution in [-0.4, -0.2) is 62.6 Å². The summed E-state index contributed by atoms with van der Waals surface area (Å²) in [6.07, 6.45) is 24.1. The fourth-order valence-electron chi connectivity index (χ4n) is 5.66. The van der Waals surface area contributed by atoms with Gasteiger partial charge in [-0.15, -0.1) is 12.3 Å². The summed E-state index contributed by atoms with van der Waals surface area (Å²) in [6, 6.07) is 7.85. The number of rotatable bonds is 18. The van der Waals surface area contributed by atoms with Crippen LogP contribution in [-0.2, 0) is 25.6 Å². The van der Waals surface area contributed by atoms with Gasteiger partial charge in [-0.25, -0.2) is 0 Å². The third-order valence-electron chi connectivity index (χ3n) is 8.01. The van der Waals surface area contributed by atoms with Gasteiger partial charge in [0.1, 0.15) is 11.9 Å². The van der Waals surface area contributed by atoms with Crippen molar-refractivity contribution < 1.29 is 28.8 Å². The van der Waals surface area contributed by atoms with Gasteiger partial charge in [0.2, 0.25) is 0 Å². The van der Waals surface area contributed by atoms with Gasteiger partial charge in [0.25, 0.3) is 0 Å². The van der Waals surface area contributed by atoms with E-state index in [-0.39, 0.29) is 30.5 Å². The van der Waals surface area contributed by atoms with Crippen LogP contribution in [0.4, 0.5) is 0 Å².